The van der Waals surface area contributed by atoms with Crippen LogP contribution in [0.3, 0.4) is 0 Å². The molecule has 5 nitrogen and oxygen atoms in total. The zero-order valence-electron chi connectivity index (χ0n) is 14.1. The molecule has 0 aromatic heterocycles. The molecule has 3 atom stereocenters. The van der Waals surface area contributed by atoms with Gasteiger partial charge in [0.05, 0.1) is 17.9 Å². The lowest BCUT2D eigenvalue weighted by Gasteiger charge is -2.36. The fourth-order valence-electron chi connectivity index (χ4n) is 3.95. The summed E-state index contributed by atoms with van der Waals surface area (Å²) >= 11 is 0. The van der Waals surface area contributed by atoms with Crippen LogP contribution in [-0.4, -0.2) is 47.7 Å². The van der Waals surface area contributed by atoms with Crippen LogP contribution in [0.5, 0.6) is 0 Å². The van der Waals surface area contributed by atoms with Crippen LogP contribution < -0.4 is 0 Å². The summed E-state index contributed by atoms with van der Waals surface area (Å²) in [5, 5.41) is 9.31. The van der Waals surface area contributed by atoms with E-state index in [0.717, 1.165) is 18.4 Å². The lowest BCUT2D eigenvalue weighted by atomic mass is 9.84. The van der Waals surface area contributed by atoms with Crippen LogP contribution in [0, 0.1) is 11.8 Å². The first-order chi connectivity index (χ1) is 11.6. The smallest absolute Gasteiger partial charge is 0.309 e. The van der Waals surface area contributed by atoms with Crippen molar-refractivity contribution in [1.82, 2.24) is 4.90 Å². The molecule has 2 fully saturated rings. The second-order valence-corrected chi connectivity index (χ2v) is 6.86. The number of benzene rings is 1. The lowest BCUT2D eigenvalue weighted by molar-refractivity contribution is -0.146. The van der Waals surface area contributed by atoms with Gasteiger partial charge in [0.2, 0.25) is 5.91 Å². The summed E-state index contributed by atoms with van der Waals surface area (Å²) < 4.78 is 5.69. The van der Waals surface area contributed by atoms with Crippen molar-refractivity contribution in [2.24, 2.45) is 11.8 Å². The maximum absolute atomic E-state index is 12.7. The molecule has 0 unspecified atom stereocenters. The number of carbonyl (C=O) groups excluding carboxylic acids is 1. The minimum absolute atomic E-state index is 0.141. The predicted molar refractivity (Wildman–Crippen MR) is 89.6 cm³/mol. The number of piperidine rings is 1. The first kappa shape index (κ1) is 17.0. The fraction of sp³-hybridized carbons (Fsp3) is 0.579. The Kier molecular flexibility index (Phi) is 5.19. The Morgan fingerprint density at radius 1 is 1.17 bits per heavy atom. The number of carbonyl (C=O) groups is 2. The molecular formula is C19H25NO4. The molecule has 2 saturated heterocycles. The number of nitrogens with zero attached hydrogens (tertiary/aromatic N) is 1. The second kappa shape index (κ2) is 7.34. The molecule has 0 aliphatic carbocycles. The molecule has 5 heteroatoms. The van der Waals surface area contributed by atoms with Gasteiger partial charge in [-0.1, -0.05) is 30.3 Å². The van der Waals surface area contributed by atoms with Crippen molar-refractivity contribution in [3.8, 4) is 0 Å². The van der Waals surface area contributed by atoms with Crippen molar-refractivity contribution >= 4 is 11.9 Å². The van der Waals surface area contributed by atoms with Crippen LogP contribution in [0.2, 0.25) is 0 Å². The van der Waals surface area contributed by atoms with Gasteiger partial charge in [-0.25, -0.2) is 0 Å². The summed E-state index contributed by atoms with van der Waals surface area (Å²) in [6, 6.07) is 9.83. The Bertz CT molecular complexity index is 580. The van der Waals surface area contributed by atoms with Gasteiger partial charge in [-0.2, -0.15) is 0 Å². The number of likely N-dealkylation sites (tertiary alicyclic amines) is 1. The van der Waals surface area contributed by atoms with Crippen LogP contribution in [0.15, 0.2) is 30.3 Å². The van der Waals surface area contributed by atoms with E-state index in [9.17, 15) is 14.7 Å². The highest BCUT2D eigenvalue weighted by molar-refractivity contribution is 5.83. The molecule has 0 saturated carbocycles. The lowest BCUT2D eigenvalue weighted by Crippen LogP contribution is -2.44. The zero-order valence-corrected chi connectivity index (χ0v) is 14.1. The van der Waals surface area contributed by atoms with Gasteiger partial charge < -0.3 is 14.7 Å². The third-order valence-electron chi connectivity index (χ3n) is 5.44. The van der Waals surface area contributed by atoms with Gasteiger partial charge in [0.1, 0.15) is 0 Å². The molecule has 1 aromatic carbocycles. The third kappa shape index (κ3) is 3.46. The first-order valence-corrected chi connectivity index (χ1v) is 8.76. The summed E-state index contributed by atoms with van der Waals surface area (Å²) in [4.78, 5) is 25.9. The van der Waals surface area contributed by atoms with Gasteiger partial charge in [-0.15, -0.1) is 0 Å². The van der Waals surface area contributed by atoms with E-state index in [-0.39, 0.29) is 29.8 Å². The van der Waals surface area contributed by atoms with Gasteiger partial charge in [0.25, 0.3) is 0 Å². The largest absolute Gasteiger partial charge is 0.481 e. The topological polar surface area (TPSA) is 66.8 Å². The van der Waals surface area contributed by atoms with E-state index in [1.54, 1.807) is 0 Å². The van der Waals surface area contributed by atoms with E-state index in [0.29, 0.717) is 26.1 Å². The molecule has 1 N–H and O–H groups in total. The summed E-state index contributed by atoms with van der Waals surface area (Å²) in [5.41, 5.74) is 1.04. The van der Waals surface area contributed by atoms with Crippen molar-refractivity contribution in [3.05, 3.63) is 35.9 Å². The van der Waals surface area contributed by atoms with Crippen molar-refractivity contribution in [1.29, 1.82) is 0 Å². The minimum Gasteiger partial charge on any atom is -0.481 e. The molecule has 0 spiro atoms. The number of rotatable bonds is 4. The van der Waals surface area contributed by atoms with Crippen LogP contribution >= 0.6 is 0 Å². The quantitative estimate of drug-likeness (QED) is 0.920. The van der Waals surface area contributed by atoms with Crippen LogP contribution in [0.4, 0.5) is 0 Å². The molecule has 2 aliphatic rings. The van der Waals surface area contributed by atoms with Crippen molar-refractivity contribution in [3.63, 3.8) is 0 Å². The van der Waals surface area contributed by atoms with E-state index in [1.807, 2.05) is 42.2 Å². The molecule has 130 valence electrons. The number of hydrogen-bond acceptors (Lipinski definition) is 3. The monoisotopic (exact) mass is 331 g/mol. The van der Waals surface area contributed by atoms with Gasteiger partial charge in [0.15, 0.2) is 0 Å². The molecular weight excluding hydrogens is 306 g/mol. The predicted octanol–water partition coefficient (Wildman–Crippen LogP) is 2.52. The highest BCUT2D eigenvalue weighted by Gasteiger charge is 2.41. The number of ether oxygens (including phenoxy) is 1. The summed E-state index contributed by atoms with van der Waals surface area (Å²) in [6.07, 6.45) is 2.06. The Labute approximate surface area is 142 Å². The number of carboxylic acids is 1. The molecule has 2 aliphatic heterocycles. The number of hydrogen-bond donors (Lipinski definition) is 1. The van der Waals surface area contributed by atoms with Crippen molar-refractivity contribution in [2.75, 3.05) is 19.7 Å². The number of amides is 1. The maximum atomic E-state index is 12.7. The van der Waals surface area contributed by atoms with Crippen molar-refractivity contribution < 1.29 is 19.4 Å². The average molecular weight is 331 g/mol. The van der Waals surface area contributed by atoms with Crippen LogP contribution in [0.1, 0.15) is 37.7 Å². The van der Waals surface area contributed by atoms with Gasteiger partial charge >= 0.3 is 5.97 Å². The number of aliphatic carboxylic acids is 1. The Morgan fingerprint density at radius 2 is 1.83 bits per heavy atom. The second-order valence-electron chi connectivity index (χ2n) is 6.86. The highest BCUT2D eigenvalue weighted by atomic mass is 16.5. The molecule has 2 heterocycles. The zero-order chi connectivity index (χ0) is 17.1. The summed E-state index contributed by atoms with van der Waals surface area (Å²) in [5.74, 6) is -0.891. The van der Waals surface area contributed by atoms with Crippen LogP contribution in [0.25, 0.3) is 0 Å². The highest BCUT2D eigenvalue weighted by Crippen LogP contribution is 2.34. The molecule has 0 radical (unpaired) electrons. The van der Waals surface area contributed by atoms with Crippen LogP contribution in [-0.2, 0) is 14.3 Å². The normalized spacial score (nSPS) is 26.3. The molecule has 1 amide bonds. The Morgan fingerprint density at radius 3 is 2.46 bits per heavy atom. The minimum atomic E-state index is -0.756. The maximum Gasteiger partial charge on any atom is 0.309 e. The van der Waals surface area contributed by atoms with Crippen molar-refractivity contribution in [2.45, 2.75) is 38.2 Å². The first-order valence-electron chi connectivity index (χ1n) is 8.76. The van der Waals surface area contributed by atoms with E-state index in [2.05, 4.69) is 0 Å². The Balaban J connectivity index is 1.57. The van der Waals surface area contributed by atoms with Gasteiger partial charge in [-0.05, 0) is 37.7 Å². The van der Waals surface area contributed by atoms with Gasteiger partial charge in [0, 0.05) is 19.7 Å². The standard InChI is InChI=1S/C19H25NO4/c1-13(14-5-3-2-4-6-14)18(21)20-10-7-15(8-11-20)17-16(19(22)23)9-12-24-17/h2-6,13,15-17H,7-12H2,1H3,(H,22,23)/t13-,16+,17+/m1/s1. The summed E-state index contributed by atoms with van der Waals surface area (Å²) in [7, 11) is 0. The molecule has 0 bridgehead atoms. The molecule has 3 rings (SSSR count). The third-order valence-corrected chi connectivity index (χ3v) is 5.44. The van der Waals surface area contributed by atoms with E-state index in [1.165, 1.54) is 0 Å². The van der Waals surface area contributed by atoms with E-state index < -0.39 is 5.97 Å². The SMILES string of the molecule is C[C@@H](C(=O)N1CCC([C@@H]2OCC[C@@H]2C(=O)O)CC1)c1ccccc1. The van der Waals surface area contributed by atoms with E-state index >= 15 is 0 Å². The average Bonchev–Trinajstić information content (AvgIpc) is 3.11. The summed E-state index contributed by atoms with van der Waals surface area (Å²) in [6.45, 7) is 3.86. The number of carboxylic acid groups (broad SMARTS) is 1. The molecule has 1 aromatic rings. The Hall–Kier alpha value is -1.88. The van der Waals surface area contributed by atoms with Gasteiger partial charge in [-0.3, -0.25) is 9.59 Å². The molecule has 24 heavy (non-hydrogen) atoms. The van der Waals surface area contributed by atoms with E-state index in [4.69, 9.17) is 4.74 Å². The fourth-order valence-corrected chi connectivity index (χ4v) is 3.95.